The van der Waals surface area contributed by atoms with Crippen molar-refractivity contribution in [2.45, 2.75) is 18.3 Å². The van der Waals surface area contributed by atoms with Gasteiger partial charge in [-0.05, 0) is 42.8 Å². The topological polar surface area (TPSA) is 49.9 Å². The van der Waals surface area contributed by atoms with Crippen LogP contribution in [-0.4, -0.2) is 36.1 Å². The lowest BCUT2D eigenvalue weighted by Crippen LogP contribution is -2.50. The van der Waals surface area contributed by atoms with Gasteiger partial charge in [-0.2, -0.15) is 0 Å². The van der Waals surface area contributed by atoms with Gasteiger partial charge in [-0.15, -0.1) is 11.8 Å². The largest absolute Gasteiger partial charge is 0.497 e. The fourth-order valence-corrected chi connectivity index (χ4v) is 5.95. The Morgan fingerprint density at radius 1 is 1.03 bits per heavy atom. The van der Waals surface area contributed by atoms with Gasteiger partial charge >= 0.3 is 0 Å². The molecule has 1 unspecified atom stereocenters. The summed E-state index contributed by atoms with van der Waals surface area (Å²) in [6, 6.07) is 23.1. The SMILES string of the molecule is COc1ccc(C(=O)N2CCSC23C(=O)N(Cc2ccc(C)cc2)c2ccccc23)cc1. The van der Waals surface area contributed by atoms with E-state index >= 15 is 0 Å². The molecule has 0 N–H and O–H groups in total. The molecule has 1 saturated heterocycles. The zero-order valence-electron chi connectivity index (χ0n) is 18.1. The highest BCUT2D eigenvalue weighted by Crippen LogP contribution is 2.54. The lowest BCUT2D eigenvalue weighted by Gasteiger charge is -2.33. The highest BCUT2D eigenvalue weighted by atomic mass is 32.2. The molecule has 0 aromatic heterocycles. The number of carbonyl (C=O) groups excluding carboxylic acids is 2. The molecule has 3 aromatic carbocycles. The first-order valence-corrected chi connectivity index (χ1v) is 11.6. The second-order valence-corrected chi connectivity index (χ2v) is 9.36. The molecule has 0 bridgehead atoms. The number of hydrogen-bond acceptors (Lipinski definition) is 4. The molecule has 2 amide bonds. The van der Waals surface area contributed by atoms with E-state index in [1.165, 1.54) is 5.56 Å². The Balaban J connectivity index is 1.54. The van der Waals surface area contributed by atoms with E-state index in [0.29, 0.717) is 30.2 Å². The number of nitrogens with zero attached hydrogens (tertiary/aromatic N) is 2. The quantitative estimate of drug-likeness (QED) is 0.591. The third kappa shape index (κ3) is 3.17. The van der Waals surface area contributed by atoms with Crippen LogP contribution in [0.5, 0.6) is 5.75 Å². The highest BCUT2D eigenvalue weighted by Gasteiger charge is 2.59. The molecule has 2 aliphatic rings. The van der Waals surface area contributed by atoms with Crippen LogP contribution in [0.1, 0.15) is 27.0 Å². The number of carbonyl (C=O) groups is 2. The highest BCUT2D eigenvalue weighted by molar-refractivity contribution is 8.01. The third-order valence-electron chi connectivity index (χ3n) is 6.14. The van der Waals surface area contributed by atoms with Gasteiger partial charge in [0.15, 0.2) is 4.87 Å². The lowest BCUT2D eigenvalue weighted by molar-refractivity contribution is -0.123. The molecule has 32 heavy (non-hydrogen) atoms. The number of hydrogen-bond donors (Lipinski definition) is 0. The Bertz CT molecular complexity index is 1180. The van der Waals surface area contributed by atoms with Crippen LogP contribution in [0.25, 0.3) is 0 Å². The third-order valence-corrected chi connectivity index (χ3v) is 7.56. The Morgan fingerprint density at radius 3 is 2.47 bits per heavy atom. The fraction of sp³-hybridized carbons (Fsp3) is 0.231. The van der Waals surface area contributed by atoms with Gasteiger partial charge in [0.05, 0.1) is 19.3 Å². The van der Waals surface area contributed by atoms with Crippen molar-refractivity contribution in [1.29, 1.82) is 0 Å². The molecule has 5 rings (SSSR count). The predicted molar refractivity (Wildman–Crippen MR) is 127 cm³/mol. The van der Waals surface area contributed by atoms with Crippen molar-refractivity contribution in [1.82, 2.24) is 4.90 Å². The first-order valence-electron chi connectivity index (χ1n) is 10.6. The maximum Gasteiger partial charge on any atom is 0.268 e. The van der Waals surface area contributed by atoms with Gasteiger partial charge in [0.25, 0.3) is 11.8 Å². The smallest absolute Gasteiger partial charge is 0.268 e. The van der Waals surface area contributed by atoms with Gasteiger partial charge in [-0.1, -0.05) is 48.0 Å². The van der Waals surface area contributed by atoms with Crippen LogP contribution in [0.3, 0.4) is 0 Å². The minimum Gasteiger partial charge on any atom is -0.497 e. The van der Waals surface area contributed by atoms with E-state index in [1.807, 2.05) is 36.1 Å². The Kier molecular flexibility index (Phi) is 5.18. The monoisotopic (exact) mass is 444 g/mol. The van der Waals surface area contributed by atoms with Crippen LogP contribution in [0.4, 0.5) is 5.69 Å². The van der Waals surface area contributed by atoms with Crippen molar-refractivity contribution >= 4 is 29.3 Å². The summed E-state index contributed by atoms with van der Waals surface area (Å²) in [6.45, 7) is 3.05. The lowest BCUT2D eigenvalue weighted by atomic mass is 10.0. The molecule has 162 valence electrons. The summed E-state index contributed by atoms with van der Waals surface area (Å²) >= 11 is 1.55. The molecule has 2 heterocycles. The maximum absolute atomic E-state index is 14.0. The van der Waals surface area contributed by atoms with E-state index in [1.54, 1.807) is 48.0 Å². The van der Waals surface area contributed by atoms with Crippen molar-refractivity contribution in [2.75, 3.05) is 24.3 Å². The summed E-state index contributed by atoms with van der Waals surface area (Å²) in [5.74, 6) is 1.21. The predicted octanol–water partition coefficient (Wildman–Crippen LogP) is 4.59. The first-order chi connectivity index (χ1) is 15.5. The number of amides is 2. The summed E-state index contributed by atoms with van der Waals surface area (Å²) < 4.78 is 5.22. The van der Waals surface area contributed by atoms with Crippen LogP contribution in [0.2, 0.25) is 0 Å². The summed E-state index contributed by atoms with van der Waals surface area (Å²) in [4.78, 5) is 30.1. The number of thioether (sulfide) groups is 1. The van der Waals surface area contributed by atoms with Crippen LogP contribution in [0.15, 0.2) is 72.8 Å². The number of benzene rings is 3. The van der Waals surface area contributed by atoms with E-state index in [4.69, 9.17) is 4.74 Å². The van der Waals surface area contributed by atoms with Crippen molar-refractivity contribution < 1.29 is 14.3 Å². The van der Waals surface area contributed by atoms with Crippen LogP contribution in [0, 0.1) is 6.92 Å². The molecule has 3 aromatic rings. The van der Waals surface area contributed by atoms with E-state index in [2.05, 4.69) is 24.3 Å². The van der Waals surface area contributed by atoms with Gasteiger partial charge in [0, 0.05) is 23.4 Å². The Hall–Kier alpha value is -3.25. The molecule has 0 radical (unpaired) electrons. The zero-order chi connectivity index (χ0) is 22.3. The summed E-state index contributed by atoms with van der Waals surface area (Å²) in [6.07, 6.45) is 0. The van der Waals surface area contributed by atoms with Crippen LogP contribution < -0.4 is 9.64 Å². The molecule has 1 fully saturated rings. The number of anilines is 1. The van der Waals surface area contributed by atoms with E-state index in [-0.39, 0.29) is 11.8 Å². The van der Waals surface area contributed by atoms with Gasteiger partial charge in [-0.25, -0.2) is 0 Å². The molecule has 1 spiro atoms. The minimum absolute atomic E-state index is 0.0522. The summed E-state index contributed by atoms with van der Waals surface area (Å²) in [7, 11) is 1.60. The number of para-hydroxylation sites is 1. The Labute approximate surface area is 192 Å². The molecule has 0 saturated carbocycles. The van der Waals surface area contributed by atoms with E-state index in [9.17, 15) is 9.59 Å². The number of fused-ring (bicyclic) bond motifs is 2. The van der Waals surface area contributed by atoms with Crippen molar-refractivity contribution in [3.8, 4) is 5.75 Å². The van der Waals surface area contributed by atoms with E-state index in [0.717, 1.165) is 16.8 Å². The molecular weight excluding hydrogens is 420 g/mol. The molecule has 6 heteroatoms. The van der Waals surface area contributed by atoms with Gasteiger partial charge in [-0.3, -0.25) is 9.59 Å². The standard InChI is InChI=1S/C26H24N2O3S/c1-18-7-9-19(10-8-18)17-27-23-6-4-3-5-22(23)26(25(27)30)28(15-16-32-26)24(29)20-11-13-21(31-2)14-12-20/h3-14H,15-17H2,1-2H3. The number of aryl methyl sites for hydroxylation is 1. The minimum atomic E-state index is -1.03. The number of ether oxygens (including phenoxy) is 1. The molecular formula is C26H24N2O3S. The van der Waals surface area contributed by atoms with E-state index < -0.39 is 4.87 Å². The second-order valence-electron chi connectivity index (χ2n) is 8.07. The zero-order valence-corrected chi connectivity index (χ0v) is 18.9. The average Bonchev–Trinajstić information content (AvgIpc) is 3.37. The maximum atomic E-state index is 14.0. The number of methoxy groups -OCH3 is 1. The molecule has 5 nitrogen and oxygen atoms in total. The molecule has 1 atom stereocenters. The van der Waals surface area contributed by atoms with Gasteiger partial charge < -0.3 is 14.5 Å². The molecule has 0 aliphatic carbocycles. The molecule has 2 aliphatic heterocycles. The van der Waals surface area contributed by atoms with Gasteiger partial charge in [0.1, 0.15) is 5.75 Å². The van der Waals surface area contributed by atoms with Crippen LogP contribution in [-0.2, 0) is 16.2 Å². The number of rotatable bonds is 4. The summed E-state index contributed by atoms with van der Waals surface area (Å²) in [5.41, 5.74) is 4.56. The van der Waals surface area contributed by atoms with Crippen molar-refractivity contribution in [3.05, 3.63) is 95.1 Å². The average molecular weight is 445 g/mol. The second kappa shape index (κ2) is 8.02. The normalized spacial score (nSPS) is 19.5. The van der Waals surface area contributed by atoms with Crippen molar-refractivity contribution in [3.63, 3.8) is 0 Å². The van der Waals surface area contributed by atoms with Crippen LogP contribution >= 0.6 is 11.8 Å². The van der Waals surface area contributed by atoms with Gasteiger partial charge in [0.2, 0.25) is 0 Å². The Morgan fingerprint density at radius 2 is 1.75 bits per heavy atom. The fourth-order valence-electron chi connectivity index (χ4n) is 4.49. The summed E-state index contributed by atoms with van der Waals surface area (Å²) in [5, 5.41) is 0. The van der Waals surface area contributed by atoms with Crippen molar-refractivity contribution in [2.24, 2.45) is 0 Å². The first kappa shape index (κ1) is 20.6.